The summed E-state index contributed by atoms with van der Waals surface area (Å²) in [5, 5.41) is 4.28. The third-order valence-electron chi connectivity index (χ3n) is 2.78. The van der Waals surface area contributed by atoms with Gasteiger partial charge in [-0.2, -0.15) is 0 Å². The number of aromatic nitrogens is 2. The molecule has 4 nitrogen and oxygen atoms in total. The molecule has 0 atom stereocenters. The number of nitrogens with zero attached hydrogens (tertiary/aromatic N) is 2. The van der Waals surface area contributed by atoms with E-state index in [2.05, 4.69) is 21.9 Å². The predicted octanol–water partition coefficient (Wildman–Crippen LogP) is 4.70. The molecule has 0 unspecified atom stereocenters. The molecule has 0 spiro atoms. The molecule has 0 aliphatic rings. The molecule has 0 fully saturated rings. The van der Waals surface area contributed by atoms with E-state index in [-0.39, 0.29) is 0 Å². The zero-order chi connectivity index (χ0) is 16.0. The molecular weight excluding hydrogens is 305 g/mol. The lowest BCUT2D eigenvalue weighted by Crippen LogP contribution is -2.07. The fraction of sp³-hybridized carbons (Fsp3) is 0.333. The van der Waals surface area contributed by atoms with Crippen LogP contribution in [0.2, 0.25) is 5.02 Å². The van der Waals surface area contributed by atoms with E-state index >= 15 is 0 Å². The SMILES string of the molecule is C=C/C=C(\C(=C/C)Nc1nc(CC)ncc1Cl)P(C)(C)=O. The van der Waals surface area contributed by atoms with Crippen LogP contribution in [0.1, 0.15) is 19.7 Å². The summed E-state index contributed by atoms with van der Waals surface area (Å²) < 4.78 is 12.4. The van der Waals surface area contributed by atoms with Crippen molar-refractivity contribution in [1.82, 2.24) is 9.97 Å². The molecule has 0 saturated heterocycles. The molecule has 0 bridgehead atoms. The summed E-state index contributed by atoms with van der Waals surface area (Å²) in [6, 6.07) is 0. The summed E-state index contributed by atoms with van der Waals surface area (Å²) in [5.41, 5.74) is 0.714. The molecule has 0 aromatic carbocycles. The smallest absolute Gasteiger partial charge is 0.152 e. The van der Waals surface area contributed by atoms with E-state index in [9.17, 15) is 4.57 Å². The van der Waals surface area contributed by atoms with E-state index < -0.39 is 7.14 Å². The van der Waals surface area contributed by atoms with Gasteiger partial charge in [0.05, 0.1) is 6.20 Å². The number of aryl methyl sites for hydroxylation is 1. The molecule has 0 saturated carbocycles. The summed E-state index contributed by atoms with van der Waals surface area (Å²) in [6.07, 6.45) is 7.50. The van der Waals surface area contributed by atoms with Crippen LogP contribution in [0.3, 0.4) is 0 Å². The van der Waals surface area contributed by atoms with Crippen LogP contribution in [0.25, 0.3) is 0 Å². The number of hydrogen-bond acceptors (Lipinski definition) is 4. The monoisotopic (exact) mass is 325 g/mol. The van der Waals surface area contributed by atoms with Crippen molar-refractivity contribution >= 4 is 24.6 Å². The van der Waals surface area contributed by atoms with Crippen LogP contribution in [0.4, 0.5) is 5.82 Å². The predicted molar refractivity (Wildman–Crippen MR) is 91.5 cm³/mol. The van der Waals surface area contributed by atoms with Crippen molar-refractivity contribution < 1.29 is 4.57 Å². The van der Waals surface area contributed by atoms with Gasteiger partial charge in [0.15, 0.2) is 5.82 Å². The van der Waals surface area contributed by atoms with Crippen molar-refractivity contribution in [3.63, 3.8) is 0 Å². The van der Waals surface area contributed by atoms with Gasteiger partial charge in [-0.15, -0.1) is 0 Å². The third kappa shape index (κ3) is 4.83. The minimum Gasteiger partial charge on any atom is -0.339 e. The van der Waals surface area contributed by atoms with Gasteiger partial charge in [-0.1, -0.05) is 43.3 Å². The second-order valence-corrected chi connectivity index (χ2v) is 8.39. The molecule has 1 aromatic heterocycles. The van der Waals surface area contributed by atoms with Gasteiger partial charge in [0.1, 0.15) is 18.0 Å². The van der Waals surface area contributed by atoms with Gasteiger partial charge in [0, 0.05) is 17.4 Å². The van der Waals surface area contributed by atoms with Crippen molar-refractivity contribution in [2.24, 2.45) is 0 Å². The van der Waals surface area contributed by atoms with Crippen molar-refractivity contribution in [1.29, 1.82) is 0 Å². The first-order chi connectivity index (χ1) is 9.83. The lowest BCUT2D eigenvalue weighted by atomic mass is 10.3. The Labute approximate surface area is 131 Å². The van der Waals surface area contributed by atoms with Gasteiger partial charge < -0.3 is 9.88 Å². The standard InChI is InChI=1S/C15H21ClN3OP/c1-6-9-13(21(4,5)20)12(7-2)18-15-11(16)10-17-14(8-3)19-15/h6-7,9-10H,1,8H2,2-5H3,(H,17,18,19)/b12-7+,13-9+. The quantitative estimate of drug-likeness (QED) is 0.608. The maximum atomic E-state index is 12.4. The van der Waals surface area contributed by atoms with Gasteiger partial charge in [-0.25, -0.2) is 9.97 Å². The Balaban J connectivity index is 3.22. The first kappa shape index (κ1) is 17.7. The fourth-order valence-corrected chi connectivity index (χ4v) is 3.11. The van der Waals surface area contributed by atoms with Gasteiger partial charge in [-0.05, 0) is 20.3 Å². The highest BCUT2D eigenvalue weighted by Crippen LogP contribution is 2.49. The van der Waals surface area contributed by atoms with E-state index in [1.807, 2.05) is 19.9 Å². The Morgan fingerprint density at radius 3 is 2.67 bits per heavy atom. The molecule has 0 amide bonds. The topological polar surface area (TPSA) is 54.9 Å². The summed E-state index contributed by atoms with van der Waals surface area (Å²) in [6.45, 7) is 10.9. The average molecular weight is 326 g/mol. The number of hydrogen-bond donors (Lipinski definition) is 1. The highest BCUT2D eigenvalue weighted by molar-refractivity contribution is 7.67. The van der Waals surface area contributed by atoms with Gasteiger partial charge in [-0.3, -0.25) is 0 Å². The molecule has 0 aliphatic heterocycles. The Bertz CT molecular complexity index is 632. The second-order valence-electron chi connectivity index (χ2n) is 4.80. The first-order valence-corrected chi connectivity index (χ1v) is 9.64. The molecule has 1 rings (SSSR count). The highest BCUT2D eigenvalue weighted by atomic mass is 35.5. The molecule has 0 radical (unpaired) electrons. The van der Waals surface area contributed by atoms with Crippen LogP contribution in [0.15, 0.2) is 42.0 Å². The van der Waals surface area contributed by atoms with Gasteiger partial charge in [0.2, 0.25) is 0 Å². The van der Waals surface area contributed by atoms with Crippen molar-refractivity contribution in [2.75, 3.05) is 18.6 Å². The largest absolute Gasteiger partial charge is 0.339 e. The number of anilines is 1. The zero-order valence-corrected chi connectivity index (χ0v) is 14.5. The van der Waals surface area contributed by atoms with E-state index in [0.29, 0.717) is 34.1 Å². The summed E-state index contributed by atoms with van der Waals surface area (Å²) in [4.78, 5) is 8.50. The highest BCUT2D eigenvalue weighted by Gasteiger charge is 2.19. The fourth-order valence-electron chi connectivity index (χ4n) is 1.74. The maximum Gasteiger partial charge on any atom is 0.152 e. The Kier molecular flexibility index (Phi) is 6.38. The Morgan fingerprint density at radius 2 is 2.19 bits per heavy atom. The van der Waals surface area contributed by atoms with Gasteiger partial charge in [0.25, 0.3) is 0 Å². The summed E-state index contributed by atoms with van der Waals surface area (Å²) >= 11 is 6.13. The Morgan fingerprint density at radius 1 is 1.52 bits per heavy atom. The van der Waals surface area contributed by atoms with E-state index in [0.717, 1.165) is 0 Å². The maximum absolute atomic E-state index is 12.4. The molecule has 1 aromatic rings. The van der Waals surface area contributed by atoms with Gasteiger partial charge >= 0.3 is 0 Å². The molecule has 6 heteroatoms. The van der Waals surface area contributed by atoms with Crippen molar-refractivity contribution in [3.8, 4) is 0 Å². The van der Waals surface area contributed by atoms with Crippen LogP contribution < -0.4 is 5.32 Å². The third-order valence-corrected chi connectivity index (χ3v) is 4.61. The number of allylic oxidation sites excluding steroid dienone is 4. The zero-order valence-electron chi connectivity index (χ0n) is 12.9. The molecule has 21 heavy (non-hydrogen) atoms. The van der Waals surface area contributed by atoms with Crippen molar-refractivity contribution in [3.05, 3.63) is 52.9 Å². The number of rotatable bonds is 6. The van der Waals surface area contributed by atoms with Crippen LogP contribution >= 0.6 is 18.7 Å². The van der Waals surface area contributed by atoms with Crippen molar-refractivity contribution in [2.45, 2.75) is 20.3 Å². The number of halogens is 1. The number of nitrogens with one attached hydrogen (secondary N) is 1. The summed E-state index contributed by atoms with van der Waals surface area (Å²) in [5.74, 6) is 1.21. The molecule has 114 valence electrons. The average Bonchev–Trinajstić information content (AvgIpc) is 2.43. The van der Waals surface area contributed by atoms with Crippen LogP contribution in [-0.4, -0.2) is 23.3 Å². The van der Waals surface area contributed by atoms with Crippen LogP contribution in [0, 0.1) is 0 Å². The van der Waals surface area contributed by atoms with E-state index in [4.69, 9.17) is 11.6 Å². The molecular formula is C15H21ClN3OP. The minimum absolute atomic E-state index is 0.423. The molecule has 0 aliphatic carbocycles. The lowest BCUT2D eigenvalue weighted by Gasteiger charge is -2.18. The van der Waals surface area contributed by atoms with Crippen LogP contribution in [0.5, 0.6) is 0 Å². The molecule has 1 N–H and O–H groups in total. The second kappa shape index (κ2) is 7.58. The normalized spacial score (nSPS) is 13.2. The Hall–Kier alpha value is -1.38. The minimum atomic E-state index is -2.46. The van der Waals surface area contributed by atoms with Crippen LogP contribution in [-0.2, 0) is 11.0 Å². The van der Waals surface area contributed by atoms with E-state index in [1.165, 1.54) is 0 Å². The summed E-state index contributed by atoms with van der Waals surface area (Å²) in [7, 11) is -2.46. The van der Waals surface area contributed by atoms with E-state index in [1.54, 1.807) is 31.7 Å². The lowest BCUT2D eigenvalue weighted by molar-refractivity contribution is 0.586. The first-order valence-electron chi connectivity index (χ1n) is 6.66. The molecule has 1 heterocycles.